The molecule has 0 bridgehead atoms. The van der Waals surface area contributed by atoms with Gasteiger partial charge in [-0.1, -0.05) is 60.2 Å². The summed E-state index contributed by atoms with van der Waals surface area (Å²) in [6.07, 6.45) is 3.88. The van der Waals surface area contributed by atoms with Crippen LogP contribution in [0.1, 0.15) is 53.7 Å². The molecule has 4 aromatic carbocycles. The molecule has 4 aromatic rings. The van der Waals surface area contributed by atoms with Gasteiger partial charge in [0, 0.05) is 33.9 Å². The molecule has 3 aliphatic rings. The first-order chi connectivity index (χ1) is 21.3. The number of rotatable bonds is 6. The molecule has 2 aliphatic heterocycles. The number of fused-ring (bicyclic) bond motifs is 5. The van der Waals surface area contributed by atoms with Crippen LogP contribution in [0.5, 0.6) is 17.2 Å². The van der Waals surface area contributed by atoms with Gasteiger partial charge >= 0.3 is 0 Å². The van der Waals surface area contributed by atoms with Crippen molar-refractivity contribution in [2.45, 2.75) is 24.9 Å². The van der Waals surface area contributed by atoms with E-state index in [1.165, 1.54) is 0 Å². The van der Waals surface area contributed by atoms with Crippen molar-refractivity contribution in [3.8, 4) is 17.2 Å². The summed E-state index contributed by atoms with van der Waals surface area (Å²) in [5.74, 6) is -0.253. The van der Waals surface area contributed by atoms with Gasteiger partial charge in [-0.15, -0.1) is 0 Å². The van der Waals surface area contributed by atoms with Crippen LogP contribution in [0.25, 0.3) is 6.08 Å². The van der Waals surface area contributed by atoms with Crippen molar-refractivity contribution >= 4 is 29.1 Å². The van der Waals surface area contributed by atoms with E-state index in [4.69, 9.17) is 14.2 Å². The molecule has 3 atom stereocenters. The highest BCUT2D eigenvalue weighted by molar-refractivity contribution is 6.32. The lowest BCUT2D eigenvalue weighted by Crippen LogP contribution is -2.48. The quantitative estimate of drug-likeness (QED) is 0.193. The lowest BCUT2D eigenvalue weighted by Gasteiger charge is -2.37. The van der Waals surface area contributed by atoms with Gasteiger partial charge in [0.15, 0.2) is 17.3 Å². The highest BCUT2D eigenvalue weighted by atomic mass is 16.5. The standard InChI is InChI=1S/C37H31NO6/c1-21-12-15-29-22(18-21)13-17-31-37(35(40)26-10-5-6-11-27(26)36(37)41)32(28-20-25(43-3)14-16-30(28)44-4)33(38(29)31)34(39)23-8-7-9-24(19-23)42-2/h5-20,31-33H,1-4H3/t31-,32-,33-/m0/s1. The number of nitrogens with zero attached hydrogens (tertiary/aromatic N) is 1. The molecule has 7 heteroatoms. The summed E-state index contributed by atoms with van der Waals surface area (Å²) in [6.45, 7) is 2.01. The maximum absolute atomic E-state index is 15.0. The molecule has 7 rings (SSSR count). The SMILES string of the molecule is COc1cccc(C(=O)[C@@H]2[C@H](c3cc(OC)ccc3OC)C3(C(=O)c4ccccc4C3=O)[C@@H]3C=Cc4cc(C)ccc4N23)c1. The van der Waals surface area contributed by atoms with Crippen LogP contribution in [0, 0.1) is 12.3 Å². The van der Waals surface area contributed by atoms with Crippen molar-refractivity contribution in [3.63, 3.8) is 0 Å². The minimum Gasteiger partial charge on any atom is -0.497 e. The van der Waals surface area contributed by atoms with E-state index in [1.54, 1.807) is 88.1 Å². The van der Waals surface area contributed by atoms with Gasteiger partial charge in [0.1, 0.15) is 28.7 Å². The first-order valence-electron chi connectivity index (χ1n) is 14.5. The number of aryl methyl sites for hydroxylation is 1. The third kappa shape index (κ3) is 3.71. The second-order valence-corrected chi connectivity index (χ2v) is 11.5. The lowest BCUT2D eigenvalue weighted by atomic mass is 9.64. The van der Waals surface area contributed by atoms with Crippen LogP contribution >= 0.6 is 0 Å². The number of Topliss-reactive ketones (excluding diaryl/α,β-unsaturated/α-hetero) is 3. The van der Waals surface area contributed by atoms with Crippen LogP contribution in [0.2, 0.25) is 0 Å². The predicted molar refractivity (Wildman–Crippen MR) is 167 cm³/mol. The van der Waals surface area contributed by atoms with Gasteiger partial charge in [0.05, 0.1) is 27.4 Å². The van der Waals surface area contributed by atoms with Gasteiger partial charge in [0.2, 0.25) is 0 Å². The fourth-order valence-corrected chi connectivity index (χ4v) is 7.47. The third-order valence-electron chi connectivity index (χ3n) is 9.35. The summed E-state index contributed by atoms with van der Waals surface area (Å²) in [5, 5.41) is 0. The van der Waals surface area contributed by atoms with Gasteiger partial charge in [-0.3, -0.25) is 14.4 Å². The van der Waals surface area contributed by atoms with Crippen LogP contribution in [-0.4, -0.2) is 50.8 Å². The Bertz CT molecular complexity index is 1860. The van der Waals surface area contributed by atoms with Gasteiger partial charge in [-0.2, -0.15) is 0 Å². The Morgan fingerprint density at radius 1 is 0.773 bits per heavy atom. The number of methoxy groups -OCH3 is 3. The zero-order valence-electron chi connectivity index (χ0n) is 24.9. The van der Waals surface area contributed by atoms with Gasteiger partial charge in [-0.05, 0) is 55.0 Å². The maximum Gasteiger partial charge on any atom is 0.186 e. The second kappa shape index (κ2) is 10.2. The fourth-order valence-electron chi connectivity index (χ4n) is 7.47. The summed E-state index contributed by atoms with van der Waals surface area (Å²) >= 11 is 0. The smallest absolute Gasteiger partial charge is 0.186 e. The fraction of sp³-hybridized carbons (Fsp3) is 0.216. The van der Waals surface area contributed by atoms with Crippen LogP contribution in [0.4, 0.5) is 5.69 Å². The predicted octanol–water partition coefficient (Wildman–Crippen LogP) is 6.34. The molecular formula is C37H31NO6. The monoisotopic (exact) mass is 585 g/mol. The van der Waals surface area contributed by atoms with Crippen molar-refractivity contribution in [2.75, 3.05) is 26.2 Å². The number of hydrogen-bond acceptors (Lipinski definition) is 7. The Labute approximate surface area is 255 Å². The first kappa shape index (κ1) is 27.7. The molecule has 44 heavy (non-hydrogen) atoms. The zero-order valence-corrected chi connectivity index (χ0v) is 24.9. The summed E-state index contributed by atoms with van der Waals surface area (Å²) in [7, 11) is 4.65. The van der Waals surface area contributed by atoms with Crippen LogP contribution in [-0.2, 0) is 0 Å². The Morgan fingerprint density at radius 2 is 1.48 bits per heavy atom. The van der Waals surface area contributed by atoms with E-state index in [-0.39, 0.29) is 17.3 Å². The van der Waals surface area contributed by atoms with E-state index in [9.17, 15) is 14.4 Å². The molecule has 0 N–H and O–H groups in total. The molecular weight excluding hydrogens is 554 g/mol. The molecule has 2 heterocycles. The summed E-state index contributed by atoms with van der Waals surface area (Å²) in [4.78, 5) is 46.8. The average Bonchev–Trinajstić information content (AvgIpc) is 3.49. The molecule has 0 radical (unpaired) electrons. The highest BCUT2D eigenvalue weighted by Crippen LogP contribution is 2.62. The van der Waals surface area contributed by atoms with E-state index in [0.717, 1.165) is 16.8 Å². The van der Waals surface area contributed by atoms with Crippen molar-refractivity contribution < 1.29 is 28.6 Å². The van der Waals surface area contributed by atoms with Crippen LogP contribution in [0.15, 0.2) is 91.0 Å². The van der Waals surface area contributed by atoms with Crippen molar-refractivity contribution in [2.24, 2.45) is 5.41 Å². The van der Waals surface area contributed by atoms with E-state index in [1.807, 2.05) is 42.2 Å². The Morgan fingerprint density at radius 3 is 2.16 bits per heavy atom. The number of anilines is 1. The second-order valence-electron chi connectivity index (χ2n) is 11.5. The van der Waals surface area contributed by atoms with Crippen molar-refractivity contribution in [3.05, 3.63) is 124 Å². The average molecular weight is 586 g/mol. The molecule has 220 valence electrons. The molecule has 1 fully saturated rings. The molecule has 0 aromatic heterocycles. The maximum atomic E-state index is 15.0. The lowest BCUT2D eigenvalue weighted by molar-refractivity contribution is 0.0664. The number of benzene rings is 4. The number of ether oxygens (including phenoxy) is 3. The molecule has 1 spiro atoms. The van der Waals surface area contributed by atoms with E-state index in [2.05, 4.69) is 0 Å². The van der Waals surface area contributed by atoms with E-state index >= 15 is 0 Å². The van der Waals surface area contributed by atoms with E-state index < -0.39 is 23.4 Å². The summed E-state index contributed by atoms with van der Waals surface area (Å²) in [5.41, 5.74) is 2.79. The van der Waals surface area contributed by atoms with Gasteiger partial charge < -0.3 is 19.1 Å². The summed E-state index contributed by atoms with van der Waals surface area (Å²) < 4.78 is 17.0. The molecule has 1 aliphatic carbocycles. The minimum absolute atomic E-state index is 0.237. The van der Waals surface area contributed by atoms with Crippen LogP contribution < -0.4 is 19.1 Å². The molecule has 7 nitrogen and oxygen atoms in total. The normalized spacial score (nSPS) is 20.7. The molecule has 0 amide bonds. The third-order valence-corrected chi connectivity index (χ3v) is 9.35. The number of ketones is 3. The van der Waals surface area contributed by atoms with E-state index in [0.29, 0.717) is 39.5 Å². The molecule has 0 unspecified atom stereocenters. The zero-order chi connectivity index (χ0) is 30.7. The van der Waals surface area contributed by atoms with Gasteiger partial charge in [-0.25, -0.2) is 0 Å². The number of hydrogen-bond donors (Lipinski definition) is 0. The van der Waals surface area contributed by atoms with Crippen molar-refractivity contribution in [1.82, 2.24) is 0 Å². The van der Waals surface area contributed by atoms with Crippen molar-refractivity contribution in [1.29, 1.82) is 0 Å². The Balaban J connectivity index is 1.58. The van der Waals surface area contributed by atoms with Gasteiger partial charge in [0.25, 0.3) is 0 Å². The number of carbonyl (C=O) groups excluding carboxylic acids is 3. The molecule has 1 saturated heterocycles. The summed E-state index contributed by atoms with van der Waals surface area (Å²) in [6, 6.07) is 23.6. The first-order valence-corrected chi connectivity index (χ1v) is 14.5. The highest BCUT2D eigenvalue weighted by Gasteiger charge is 2.72. The van der Waals surface area contributed by atoms with Crippen LogP contribution in [0.3, 0.4) is 0 Å². The topological polar surface area (TPSA) is 82.1 Å². The minimum atomic E-state index is -1.65. The number of carbonyl (C=O) groups is 3. The Kier molecular flexibility index (Phi) is 6.43. The largest absolute Gasteiger partial charge is 0.497 e. The molecule has 0 saturated carbocycles. The Hall–Kier alpha value is -5.17.